The monoisotopic (exact) mass is 326 g/mol. The number of primary amides is 1. The number of halogens is 1. The number of hydrogen-bond acceptors (Lipinski definition) is 6. The average Bonchev–Trinajstić information content (AvgIpc) is 3.04. The lowest BCUT2D eigenvalue weighted by atomic mass is 10.1. The molecule has 1 amide bonds. The van der Waals surface area contributed by atoms with Crippen LogP contribution in [0.25, 0.3) is 11.2 Å². The third kappa shape index (κ3) is 2.31. The molecular weight excluding hydrogens is 313 g/mol. The molecule has 8 nitrogen and oxygen atoms in total. The topological polar surface area (TPSA) is 113 Å². The Morgan fingerprint density at radius 3 is 3.04 bits per heavy atom. The molecule has 0 fully saturated rings. The minimum atomic E-state index is -0.563. The van der Waals surface area contributed by atoms with Gasteiger partial charge in [-0.3, -0.25) is 0 Å². The minimum Gasteiger partial charge on any atom is -0.355 e. The van der Waals surface area contributed by atoms with E-state index in [1.165, 1.54) is 30.1 Å². The fourth-order valence-electron chi connectivity index (χ4n) is 2.60. The quantitative estimate of drug-likeness (QED) is 0.657. The molecule has 0 saturated heterocycles. The number of quaternary nitrogens is 1. The van der Waals surface area contributed by atoms with E-state index in [0.717, 1.165) is 0 Å². The largest absolute Gasteiger partial charge is 0.355 e. The zero-order chi connectivity index (χ0) is 16.7. The Bertz CT molecular complexity index is 981. The number of carbonyl (C=O) groups excluding carboxylic acids is 1. The number of nitrogens with one attached hydrogen (secondary N) is 2. The fourth-order valence-corrected chi connectivity index (χ4v) is 2.60. The molecule has 0 bridgehead atoms. The summed E-state index contributed by atoms with van der Waals surface area (Å²) in [6.07, 6.45) is 2.93. The van der Waals surface area contributed by atoms with Crippen LogP contribution in [0, 0.1) is 5.82 Å². The van der Waals surface area contributed by atoms with Crippen LogP contribution in [0.2, 0.25) is 0 Å². The Morgan fingerprint density at radius 1 is 1.29 bits per heavy atom. The molecule has 1 aromatic carbocycles. The van der Waals surface area contributed by atoms with Gasteiger partial charge >= 0.3 is 5.91 Å². The maximum absolute atomic E-state index is 13.8. The van der Waals surface area contributed by atoms with Gasteiger partial charge in [-0.2, -0.15) is 4.99 Å². The number of nitrogens with zero attached hydrogens (tertiary/aromatic N) is 4. The number of carbonyl (C=O) groups is 1. The maximum Gasteiger partial charge on any atom is 0.353 e. The van der Waals surface area contributed by atoms with Crippen LogP contribution in [-0.4, -0.2) is 37.7 Å². The van der Waals surface area contributed by atoms with Gasteiger partial charge in [0.05, 0.1) is 12.0 Å². The number of anilines is 1. The van der Waals surface area contributed by atoms with E-state index in [4.69, 9.17) is 0 Å². The van der Waals surface area contributed by atoms with Crippen molar-refractivity contribution in [2.45, 2.75) is 13.0 Å². The summed E-state index contributed by atoms with van der Waals surface area (Å²) >= 11 is 0. The molecular formula is C15H13FN7O+. The van der Waals surface area contributed by atoms with Gasteiger partial charge in [0.1, 0.15) is 29.3 Å². The molecule has 1 atom stereocenters. The van der Waals surface area contributed by atoms with Crippen molar-refractivity contribution in [1.82, 2.24) is 19.9 Å². The zero-order valence-corrected chi connectivity index (χ0v) is 12.6. The summed E-state index contributed by atoms with van der Waals surface area (Å²) in [5.41, 5.74) is 1.54. The number of rotatable bonds is 3. The Labute approximate surface area is 135 Å². The van der Waals surface area contributed by atoms with Crippen molar-refractivity contribution in [1.29, 1.82) is 0 Å². The number of hydrogen-bond donors (Lipinski definition) is 3. The smallest absolute Gasteiger partial charge is 0.353 e. The van der Waals surface area contributed by atoms with Gasteiger partial charge in [-0.15, -0.1) is 0 Å². The van der Waals surface area contributed by atoms with E-state index in [9.17, 15) is 9.18 Å². The summed E-state index contributed by atoms with van der Waals surface area (Å²) in [7, 11) is 0. The van der Waals surface area contributed by atoms with Crippen molar-refractivity contribution < 1.29 is 14.5 Å². The summed E-state index contributed by atoms with van der Waals surface area (Å²) < 4.78 is 13.8. The highest BCUT2D eigenvalue weighted by Gasteiger charge is 2.30. The van der Waals surface area contributed by atoms with E-state index < -0.39 is 11.7 Å². The van der Waals surface area contributed by atoms with E-state index in [0.29, 0.717) is 28.5 Å². The highest BCUT2D eigenvalue weighted by Crippen LogP contribution is 2.23. The van der Waals surface area contributed by atoms with Gasteiger partial charge in [0.2, 0.25) is 5.84 Å². The average molecular weight is 326 g/mol. The Morgan fingerprint density at radius 2 is 2.17 bits per heavy atom. The molecule has 24 heavy (non-hydrogen) atoms. The van der Waals surface area contributed by atoms with Crippen molar-refractivity contribution in [3.63, 3.8) is 0 Å². The lowest BCUT2D eigenvalue weighted by molar-refractivity contribution is -0.434. The first-order valence-corrected chi connectivity index (χ1v) is 7.30. The SMILES string of the molecule is C[C@H](Nc1ncnc2nc[nH]c12)C1=Nc2cccc(F)c2C(=O)[NH2+]1. The van der Waals surface area contributed by atoms with Crippen molar-refractivity contribution in [2.24, 2.45) is 4.99 Å². The van der Waals surface area contributed by atoms with Gasteiger partial charge in [-0.25, -0.2) is 29.5 Å². The van der Waals surface area contributed by atoms with Crippen LogP contribution >= 0.6 is 0 Å². The van der Waals surface area contributed by atoms with Gasteiger partial charge in [0.25, 0.3) is 0 Å². The number of aromatic amines is 1. The standard InChI is InChI=1S/C15H12FN7O/c1-7(21-14-11-13(18-5-17-11)19-6-20-14)12-22-9-4-2-3-8(16)10(9)15(24)23-12/h2-7H,1H3,(H,22,23,24)(H2,17,18,19,20,21)/p+1/t7-/m0/s1. The van der Waals surface area contributed by atoms with E-state index in [-0.39, 0.29) is 11.6 Å². The second kappa shape index (κ2) is 5.46. The maximum atomic E-state index is 13.8. The number of fused-ring (bicyclic) bond motifs is 2. The number of aliphatic imine (C=N–C) groups is 1. The van der Waals surface area contributed by atoms with Crippen LogP contribution < -0.4 is 10.6 Å². The van der Waals surface area contributed by atoms with Gasteiger partial charge in [-0.05, 0) is 19.1 Å². The molecule has 3 aromatic rings. The molecule has 1 aliphatic rings. The first kappa shape index (κ1) is 14.4. The van der Waals surface area contributed by atoms with Crippen molar-refractivity contribution in [3.05, 3.63) is 42.2 Å². The molecule has 9 heteroatoms. The number of imidazole rings is 1. The molecule has 4 rings (SSSR count). The van der Waals surface area contributed by atoms with Crippen LogP contribution in [0.4, 0.5) is 15.9 Å². The van der Waals surface area contributed by atoms with Gasteiger partial charge in [-0.1, -0.05) is 6.07 Å². The number of aromatic nitrogens is 4. The predicted molar refractivity (Wildman–Crippen MR) is 84.5 cm³/mol. The predicted octanol–water partition coefficient (Wildman–Crippen LogP) is 0.740. The summed E-state index contributed by atoms with van der Waals surface area (Å²) in [5.74, 6) is 0.103. The zero-order valence-electron chi connectivity index (χ0n) is 12.6. The molecule has 0 radical (unpaired) electrons. The highest BCUT2D eigenvalue weighted by molar-refractivity contribution is 6.03. The lowest BCUT2D eigenvalue weighted by Crippen LogP contribution is -2.94. The molecule has 0 saturated carbocycles. The first-order valence-electron chi connectivity index (χ1n) is 7.30. The van der Waals surface area contributed by atoms with Gasteiger partial charge in [0.15, 0.2) is 11.5 Å². The minimum absolute atomic E-state index is 0.00597. The van der Waals surface area contributed by atoms with Crippen LogP contribution in [0.15, 0.2) is 35.8 Å². The number of benzene rings is 1. The van der Waals surface area contributed by atoms with E-state index in [1.54, 1.807) is 6.07 Å². The number of H-pyrrole nitrogens is 1. The molecule has 4 N–H and O–H groups in total. The van der Waals surface area contributed by atoms with E-state index in [1.807, 2.05) is 6.92 Å². The third-order valence-corrected chi connectivity index (χ3v) is 3.79. The molecule has 0 spiro atoms. The normalized spacial score (nSPS) is 15.1. The summed E-state index contributed by atoms with van der Waals surface area (Å²) in [4.78, 5) is 31.9. The number of amidine groups is 1. The first-order chi connectivity index (χ1) is 11.6. The van der Waals surface area contributed by atoms with Crippen molar-refractivity contribution >= 4 is 34.4 Å². The van der Waals surface area contributed by atoms with Gasteiger partial charge < -0.3 is 10.3 Å². The van der Waals surface area contributed by atoms with Crippen LogP contribution in [0.3, 0.4) is 0 Å². The molecule has 1 aliphatic heterocycles. The van der Waals surface area contributed by atoms with E-state index in [2.05, 4.69) is 30.2 Å². The second-order valence-corrected chi connectivity index (χ2v) is 5.37. The van der Waals surface area contributed by atoms with Gasteiger partial charge in [0, 0.05) is 0 Å². The van der Waals surface area contributed by atoms with Crippen molar-refractivity contribution in [2.75, 3.05) is 5.32 Å². The Balaban J connectivity index is 1.67. The third-order valence-electron chi connectivity index (χ3n) is 3.79. The molecule has 0 unspecified atom stereocenters. The number of amides is 1. The summed E-state index contributed by atoms with van der Waals surface area (Å²) in [6, 6.07) is 4.09. The lowest BCUT2D eigenvalue weighted by Gasteiger charge is -2.18. The van der Waals surface area contributed by atoms with Crippen molar-refractivity contribution in [3.8, 4) is 0 Å². The Hall–Kier alpha value is -3.20. The summed E-state index contributed by atoms with van der Waals surface area (Å²) in [5, 5.41) is 4.52. The molecule has 2 aromatic heterocycles. The molecule has 3 heterocycles. The number of nitrogens with two attached hydrogens (primary N) is 1. The Kier molecular flexibility index (Phi) is 3.28. The second-order valence-electron chi connectivity index (χ2n) is 5.37. The fraction of sp³-hybridized carbons (Fsp3) is 0.133. The van der Waals surface area contributed by atoms with Crippen LogP contribution in [-0.2, 0) is 0 Å². The summed E-state index contributed by atoms with van der Waals surface area (Å²) in [6.45, 7) is 1.84. The van der Waals surface area contributed by atoms with E-state index >= 15 is 0 Å². The van der Waals surface area contributed by atoms with Crippen LogP contribution in [0.5, 0.6) is 0 Å². The molecule has 120 valence electrons. The van der Waals surface area contributed by atoms with Crippen LogP contribution in [0.1, 0.15) is 17.3 Å². The molecule has 0 aliphatic carbocycles. The highest BCUT2D eigenvalue weighted by atomic mass is 19.1.